The van der Waals surface area contributed by atoms with Crippen molar-refractivity contribution >= 4 is 22.9 Å². The largest absolute Gasteiger partial charge is 0.361 e. The van der Waals surface area contributed by atoms with Gasteiger partial charge in [0.1, 0.15) is 17.3 Å². The van der Waals surface area contributed by atoms with Crippen LogP contribution in [0.5, 0.6) is 0 Å². The molecule has 0 bridgehead atoms. The number of pyridine rings is 1. The number of hydrogen-bond donors (Lipinski definition) is 0. The summed E-state index contributed by atoms with van der Waals surface area (Å²) >= 11 is 0. The van der Waals surface area contributed by atoms with Crippen molar-refractivity contribution in [2.45, 2.75) is 18.8 Å². The highest BCUT2D eigenvalue weighted by Gasteiger charge is 2.26. The highest BCUT2D eigenvalue weighted by atomic mass is 16.1. The van der Waals surface area contributed by atoms with Gasteiger partial charge >= 0.3 is 0 Å². The molecule has 4 aromatic heterocycles. The van der Waals surface area contributed by atoms with Gasteiger partial charge in [-0.2, -0.15) is 4.52 Å². The second-order valence-electron chi connectivity index (χ2n) is 7.56. The second kappa shape index (κ2) is 6.84. The molecule has 148 valence electrons. The minimum atomic E-state index is -0.0587. The van der Waals surface area contributed by atoms with Crippen molar-refractivity contribution < 1.29 is 0 Å². The Morgan fingerprint density at radius 2 is 1.86 bits per heavy atom. The van der Waals surface area contributed by atoms with Crippen LogP contribution < -0.4 is 15.4 Å². The van der Waals surface area contributed by atoms with E-state index in [4.69, 9.17) is 0 Å². The van der Waals surface area contributed by atoms with Crippen molar-refractivity contribution in [3.8, 4) is 0 Å². The summed E-state index contributed by atoms with van der Waals surface area (Å²) in [6, 6.07) is 11.1. The Balaban J connectivity index is 1.39. The Kier molecular flexibility index (Phi) is 4.15. The molecule has 0 amide bonds. The van der Waals surface area contributed by atoms with E-state index < -0.39 is 0 Å². The molecule has 9 heteroatoms. The first-order valence-corrected chi connectivity index (χ1v) is 9.73. The summed E-state index contributed by atoms with van der Waals surface area (Å²) in [7, 11) is 3.94. The number of rotatable bonds is 3. The van der Waals surface area contributed by atoms with Crippen LogP contribution in [0.25, 0.3) is 11.3 Å². The highest BCUT2D eigenvalue weighted by Crippen LogP contribution is 2.29. The van der Waals surface area contributed by atoms with Crippen LogP contribution in [0.4, 0.5) is 11.6 Å². The third kappa shape index (κ3) is 3.08. The van der Waals surface area contributed by atoms with Gasteiger partial charge in [-0.05, 0) is 37.1 Å². The number of piperidine rings is 1. The molecule has 0 N–H and O–H groups in total. The van der Waals surface area contributed by atoms with Crippen molar-refractivity contribution in [3.63, 3.8) is 0 Å². The zero-order valence-corrected chi connectivity index (χ0v) is 16.4. The molecule has 1 fully saturated rings. The van der Waals surface area contributed by atoms with Crippen molar-refractivity contribution in [1.29, 1.82) is 0 Å². The summed E-state index contributed by atoms with van der Waals surface area (Å²) in [5.41, 5.74) is 1.37. The van der Waals surface area contributed by atoms with Gasteiger partial charge < -0.3 is 9.80 Å². The minimum Gasteiger partial charge on any atom is -0.361 e. The quantitative estimate of drug-likeness (QED) is 0.525. The lowest BCUT2D eigenvalue weighted by Gasteiger charge is -2.31. The molecule has 5 heterocycles. The summed E-state index contributed by atoms with van der Waals surface area (Å²) in [5.74, 6) is 2.78. The molecule has 1 aliphatic rings. The lowest BCUT2D eigenvalue weighted by Crippen LogP contribution is -2.35. The summed E-state index contributed by atoms with van der Waals surface area (Å²) in [6.07, 6.45) is 3.56. The predicted octanol–water partition coefficient (Wildman–Crippen LogP) is 1.58. The van der Waals surface area contributed by atoms with Gasteiger partial charge in [-0.1, -0.05) is 6.07 Å². The molecule has 0 aromatic carbocycles. The van der Waals surface area contributed by atoms with E-state index >= 15 is 0 Å². The van der Waals surface area contributed by atoms with Crippen LogP contribution in [-0.4, -0.2) is 56.4 Å². The number of fused-ring (bicyclic) bond motifs is 2. The average Bonchev–Trinajstić information content (AvgIpc) is 3.17. The Bertz CT molecular complexity index is 1240. The maximum Gasteiger partial charge on any atom is 0.259 e. The normalized spacial score (nSPS) is 15.3. The van der Waals surface area contributed by atoms with Gasteiger partial charge in [0.05, 0.1) is 0 Å². The molecule has 0 aliphatic carbocycles. The molecule has 9 nitrogen and oxygen atoms in total. The van der Waals surface area contributed by atoms with E-state index in [2.05, 4.69) is 25.2 Å². The van der Waals surface area contributed by atoms with Gasteiger partial charge in [-0.15, -0.1) is 15.3 Å². The average molecular weight is 390 g/mol. The first-order chi connectivity index (χ1) is 14.1. The predicted molar refractivity (Wildman–Crippen MR) is 111 cm³/mol. The van der Waals surface area contributed by atoms with E-state index in [9.17, 15) is 4.79 Å². The molecular weight excluding hydrogens is 368 g/mol. The number of anilines is 2. The van der Waals surface area contributed by atoms with Crippen LogP contribution in [0.3, 0.4) is 0 Å². The lowest BCUT2D eigenvalue weighted by atomic mass is 9.96. The van der Waals surface area contributed by atoms with E-state index in [1.807, 2.05) is 53.8 Å². The van der Waals surface area contributed by atoms with Crippen LogP contribution in [0.15, 0.2) is 47.4 Å². The monoisotopic (exact) mass is 390 g/mol. The van der Waals surface area contributed by atoms with E-state index in [0.29, 0.717) is 5.65 Å². The molecule has 5 rings (SSSR count). The summed E-state index contributed by atoms with van der Waals surface area (Å²) < 4.78 is 3.42. The standard InChI is InChI=1S/C20H22N8O/c1-25(2)17-7-6-16-22-23-20(28(16)24-17)14-8-11-26(12-9-14)18-13-19(29)27-10-4-3-5-15(27)21-18/h3-7,10,13-14H,8-9,11-12H2,1-2H3. The molecule has 1 aliphatic heterocycles. The fraction of sp³-hybridized carbons (Fsp3) is 0.350. The Labute approximate surface area is 167 Å². The van der Waals surface area contributed by atoms with Crippen LogP contribution in [0, 0.1) is 0 Å². The fourth-order valence-electron chi connectivity index (χ4n) is 3.86. The van der Waals surface area contributed by atoms with Crippen LogP contribution in [-0.2, 0) is 0 Å². The Morgan fingerprint density at radius 3 is 2.66 bits per heavy atom. The second-order valence-corrected chi connectivity index (χ2v) is 7.56. The van der Waals surface area contributed by atoms with Gasteiger partial charge in [-0.25, -0.2) is 4.98 Å². The van der Waals surface area contributed by atoms with Crippen LogP contribution in [0.2, 0.25) is 0 Å². The lowest BCUT2D eigenvalue weighted by molar-refractivity contribution is 0.475. The van der Waals surface area contributed by atoms with Gasteiger partial charge in [0.2, 0.25) is 0 Å². The Hall–Kier alpha value is -3.49. The van der Waals surface area contributed by atoms with Crippen LogP contribution >= 0.6 is 0 Å². The first kappa shape index (κ1) is 17.6. The Morgan fingerprint density at radius 1 is 1.03 bits per heavy atom. The zero-order chi connectivity index (χ0) is 20.0. The third-order valence-corrected chi connectivity index (χ3v) is 5.47. The van der Waals surface area contributed by atoms with E-state index in [1.165, 1.54) is 0 Å². The number of hydrogen-bond acceptors (Lipinski definition) is 7. The smallest absolute Gasteiger partial charge is 0.259 e. The van der Waals surface area contributed by atoms with E-state index in [0.717, 1.165) is 49.0 Å². The van der Waals surface area contributed by atoms with Gasteiger partial charge in [0.25, 0.3) is 5.56 Å². The molecule has 0 unspecified atom stereocenters. The molecule has 1 saturated heterocycles. The maximum atomic E-state index is 12.4. The molecular formula is C20H22N8O. The van der Waals surface area contributed by atoms with Crippen molar-refractivity contribution in [3.05, 3.63) is 58.8 Å². The number of nitrogens with zero attached hydrogens (tertiary/aromatic N) is 8. The minimum absolute atomic E-state index is 0.0587. The molecule has 0 atom stereocenters. The highest BCUT2D eigenvalue weighted by molar-refractivity contribution is 5.49. The maximum absolute atomic E-state index is 12.4. The van der Waals surface area contributed by atoms with Gasteiger partial charge in [-0.3, -0.25) is 9.20 Å². The molecule has 29 heavy (non-hydrogen) atoms. The third-order valence-electron chi connectivity index (χ3n) is 5.47. The zero-order valence-electron chi connectivity index (χ0n) is 16.4. The van der Waals surface area contributed by atoms with Crippen molar-refractivity contribution in [1.82, 2.24) is 29.2 Å². The van der Waals surface area contributed by atoms with Crippen molar-refractivity contribution in [2.24, 2.45) is 0 Å². The molecule has 0 radical (unpaired) electrons. The van der Waals surface area contributed by atoms with Gasteiger partial charge in [0.15, 0.2) is 11.5 Å². The summed E-state index contributed by atoms with van der Waals surface area (Å²) in [4.78, 5) is 21.2. The van der Waals surface area contributed by atoms with Crippen molar-refractivity contribution in [2.75, 3.05) is 37.0 Å². The summed E-state index contributed by atoms with van der Waals surface area (Å²) in [5, 5.41) is 13.4. The van der Waals surface area contributed by atoms with Crippen LogP contribution in [0.1, 0.15) is 24.6 Å². The van der Waals surface area contributed by atoms with E-state index in [1.54, 1.807) is 16.7 Å². The van der Waals surface area contributed by atoms with Gasteiger partial charge in [0, 0.05) is 45.4 Å². The summed E-state index contributed by atoms with van der Waals surface area (Å²) in [6.45, 7) is 1.62. The number of aromatic nitrogens is 6. The molecule has 4 aromatic rings. The van der Waals surface area contributed by atoms with E-state index in [-0.39, 0.29) is 11.5 Å². The molecule has 0 saturated carbocycles. The topological polar surface area (TPSA) is 83.9 Å². The molecule has 0 spiro atoms. The SMILES string of the molecule is CN(C)c1ccc2nnc(C3CCN(c4cc(=O)n5ccccc5n4)CC3)n2n1. The first-order valence-electron chi connectivity index (χ1n) is 9.73. The fourth-order valence-corrected chi connectivity index (χ4v) is 3.86.